The van der Waals surface area contributed by atoms with E-state index in [4.69, 9.17) is 9.15 Å². The Bertz CT molecular complexity index is 1510. The summed E-state index contributed by atoms with van der Waals surface area (Å²) < 4.78 is 25.2. The highest BCUT2D eigenvalue weighted by Crippen LogP contribution is 2.39. The minimum absolute atomic E-state index is 0.108. The third kappa shape index (κ3) is 6.09. The molecule has 0 spiro atoms. The number of halogens is 1. The van der Waals surface area contributed by atoms with Crippen LogP contribution < -0.4 is 10.1 Å². The molecule has 2 amide bonds. The number of rotatable bonds is 7. The predicted molar refractivity (Wildman–Crippen MR) is 150 cm³/mol. The molecule has 1 aliphatic rings. The van der Waals surface area contributed by atoms with E-state index in [1.165, 1.54) is 17.7 Å². The van der Waals surface area contributed by atoms with Gasteiger partial charge >= 0.3 is 0 Å². The monoisotopic (exact) mass is 540 g/mol. The molecule has 1 unspecified atom stereocenters. The van der Waals surface area contributed by atoms with Gasteiger partial charge in [-0.05, 0) is 65.1 Å². The summed E-state index contributed by atoms with van der Waals surface area (Å²) in [6.07, 6.45) is 0.771. The summed E-state index contributed by atoms with van der Waals surface area (Å²) in [6, 6.07) is 25.2. The van der Waals surface area contributed by atoms with Crippen molar-refractivity contribution in [2.24, 2.45) is 5.41 Å². The summed E-state index contributed by atoms with van der Waals surface area (Å²) in [5, 5.41) is 2.74. The van der Waals surface area contributed by atoms with Crippen molar-refractivity contribution < 1.29 is 23.1 Å². The molecule has 3 aromatic carbocycles. The number of hydrogen-bond acceptors (Lipinski definition) is 4. The number of amides is 2. The fourth-order valence-electron chi connectivity index (χ4n) is 4.98. The predicted octanol–water partition coefficient (Wildman–Crippen LogP) is 6.45. The molecule has 40 heavy (non-hydrogen) atoms. The van der Waals surface area contributed by atoms with Crippen molar-refractivity contribution in [2.75, 3.05) is 6.54 Å². The molecule has 0 saturated heterocycles. The summed E-state index contributed by atoms with van der Waals surface area (Å²) in [5.41, 5.74) is 3.45. The topological polar surface area (TPSA) is 71.8 Å². The Hall–Kier alpha value is -4.39. The minimum Gasteiger partial charge on any atom is -0.486 e. The number of hydrogen-bond donors (Lipinski definition) is 1. The van der Waals surface area contributed by atoms with Gasteiger partial charge in [0.1, 0.15) is 23.9 Å². The average Bonchev–Trinajstić information content (AvgIpc) is 3.43. The smallest absolute Gasteiger partial charge is 0.287 e. The van der Waals surface area contributed by atoms with Gasteiger partial charge in [0.2, 0.25) is 5.91 Å². The van der Waals surface area contributed by atoms with Crippen molar-refractivity contribution in [3.05, 3.63) is 125 Å². The SMILES string of the molecule is CC(C)(C)C(=O)N1CCc2ccc(OCc3ccc(C(=O)NCc4cccc(F)c4)o3)cc2C1c1ccccc1. The van der Waals surface area contributed by atoms with Gasteiger partial charge in [0, 0.05) is 18.5 Å². The van der Waals surface area contributed by atoms with E-state index < -0.39 is 11.3 Å². The number of furan rings is 1. The highest BCUT2D eigenvalue weighted by Gasteiger charge is 2.37. The second-order valence-electron chi connectivity index (χ2n) is 11.0. The lowest BCUT2D eigenvalue weighted by Crippen LogP contribution is -2.45. The molecule has 0 fully saturated rings. The molecule has 4 aromatic rings. The first kappa shape index (κ1) is 27.2. The zero-order chi connectivity index (χ0) is 28.3. The molecule has 206 valence electrons. The van der Waals surface area contributed by atoms with Crippen molar-refractivity contribution in [3.63, 3.8) is 0 Å². The van der Waals surface area contributed by atoms with E-state index in [0.29, 0.717) is 23.6 Å². The van der Waals surface area contributed by atoms with Crippen molar-refractivity contribution in [3.8, 4) is 5.75 Å². The van der Waals surface area contributed by atoms with E-state index in [0.717, 1.165) is 17.5 Å². The fourth-order valence-corrected chi connectivity index (χ4v) is 4.98. The van der Waals surface area contributed by atoms with E-state index in [1.807, 2.05) is 56.0 Å². The maximum atomic E-state index is 13.4. The van der Waals surface area contributed by atoms with Crippen LogP contribution in [0.4, 0.5) is 4.39 Å². The van der Waals surface area contributed by atoms with E-state index in [-0.39, 0.29) is 36.7 Å². The molecule has 2 heterocycles. The number of nitrogens with zero attached hydrogens (tertiary/aromatic N) is 1. The standard InChI is InChI=1S/C33H33FN2O4/c1-33(2,3)32(38)36-17-16-23-12-13-26(19-28(23)30(36)24-9-5-4-6-10-24)39-21-27-14-15-29(40-27)31(37)35-20-22-8-7-11-25(34)18-22/h4-15,18-19,30H,16-17,20-21H2,1-3H3,(H,35,37). The Morgan fingerprint density at radius 1 is 1.00 bits per heavy atom. The normalized spacial score (nSPS) is 14.9. The van der Waals surface area contributed by atoms with Crippen LogP contribution in [0.3, 0.4) is 0 Å². The highest BCUT2D eigenvalue weighted by atomic mass is 19.1. The Balaban J connectivity index is 1.30. The fraction of sp³-hybridized carbons (Fsp3) is 0.273. The zero-order valence-electron chi connectivity index (χ0n) is 22.9. The molecule has 1 atom stereocenters. The van der Waals surface area contributed by atoms with Gasteiger partial charge in [-0.1, -0.05) is 69.3 Å². The van der Waals surface area contributed by atoms with Crippen LogP contribution in [-0.2, 0) is 24.4 Å². The third-order valence-electron chi connectivity index (χ3n) is 6.97. The zero-order valence-corrected chi connectivity index (χ0v) is 22.9. The molecule has 0 aliphatic carbocycles. The summed E-state index contributed by atoms with van der Waals surface area (Å²) in [5.74, 6) is 0.669. The van der Waals surface area contributed by atoms with Gasteiger partial charge in [0.05, 0.1) is 6.04 Å². The van der Waals surface area contributed by atoms with Crippen LogP contribution in [0.25, 0.3) is 0 Å². The van der Waals surface area contributed by atoms with Crippen LogP contribution in [0.15, 0.2) is 89.3 Å². The van der Waals surface area contributed by atoms with Gasteiger partial charge in [-0.25, -0.2) is 4.39 Å². The number of ether oxygens (including phenoxy) is 1. The van der Waals surface area contributed by atoms with Crippen LogP contribution in [0, 0.1) is 11.2 Å². The summed E-state index contributed by atoms with van der Waals surface area (Å²) in [4.78, 5) is 27.9. The maximum absolute atomic E-state index is 13.4. The minimum atomic E-state index is -0.501. The lowest BCUT2D eigenvalue weighted by molar-refractivity contribution is -0.141. The van der Waals surface area contributed by atoms with E-state index in [9.17, 15) is 14.0 Å². The van der Waals surface area contributed by atoms with Crippen molar-refractivity contribution >= 4 is 11.8 Å². The molecule has 1 aliphatic heterocycles. The first-order valence-corrected chi connectivity index (χ1v) is 13.4. The second kappa shape index (κ2) is 11.4. The molecule has 6 nitrogen and oxygen atoms in total. The molecule has 5 rings (SSSR count). The Morgan fingerprint density at radius 2 is 1.80 bits per heavy atom. The highest BCUT2D eigenvalue weighted by molar-refractivity contribution is 5.91. The molecule has 7 heteroatoms. The van der Waals surface area contributed by atoms with Crippen molar-refractivity contribution in [1.29, 1.82) is 0 Å². The summed E-state index contributed by atoms with van der Waals surface area (Å²) in [6.45, 7) is 6.83. The van der Waals surface area contributed by atoms with Gasteiger partial charge in [-0.3, -0.25) is 9.59 Å². The summed E-state index contributed by atoms with van der Waals surface area (Å²) >= 11 is 0. The maximum Gasteiger partial charge on any atom is 0.287 e. The first-order chi connectivity index (χ1) is 19.2. The van der Waals surface area contributed by atoms with Gasteiger partial charge in [0.25, 0.3) is 5.91 Å². The van der Waals surface area contributed by atoms with Crippen LogP contribution >= 0.6 is 0 Å². The van der Waals surface area contributed by atoms with Gasteiger partial charge in [0.15, 0.2) is 5.76 Å². The van der Waals surface area contributed by atoms with E-state index in [2.05, 4.69) is 23.5 Å². The lowest BCUT2D eigenvalue weighted by atomic mass is 9.85. The Labute approximate surface area is 233 Å². The van der Waals surface area contributed by atoms with Crippen LogP contribution in [0.5, 0.6) is 5.75 Å². The number of fused-ring (bicyclic) bond motifs is 1. The van der Waals surface area contributed by atoms with Crippen molar-refractivity contribution in [2.45, 2.75) is 46.4 Å². The average molecular weight is 541 g/mol. The number of carbonyl (C=O) groups is 2. The largest absolute Gasteiger partial charge is 0.486 e. The number of benzene rings is 3. The Morgan fingerprint density at radius 3 is 2.55 bits per heavy atom. The molecule has 1 N–H and O–H groups in total. The molecular weight excluding hydrogens is 507 g/mol. The quantitative estimate of drug-likeness (QED) is 0.293. The van der Waals surface area contributed by atoms with Crippen LogP contribution in [0.2, 0.25) is 0 Å². The second-order valence-corrected chi connectivity index (χ2v) is 11.0. The first-order valence-electron chi connectivity index (χ1n) is 13.4. The number of nitrogens with one attached hydrogen (secondary N) is 1. The molecule has 0 saturated carbocycles. The molecular formula is C33H33FN2O4. The van der Waals surface area contributed by atoms with Crippen LogP contribution in [0.1, 0.15) is 65.4 Å². The van der Waals surface area contributed by atoms with Crippen LogP contribution in [-0.4, -0.2) is 23.3 Å². The van der Waals surface area contributed by atoms with Gasteiger partial charge in [-0.15, -0.1) is 0 Å². The molecule has 0 radical (unpaired) electrons. The van der Waals surface area contributed by atoms with Crippen molar-refractivity contribution in [1.82, 2.24) is 10.2 Å². The Kier molecular flexibility index (Phi) is 7.74. The van der Waals surface area contributed by atoms with Gasteiger partial charge in [-0.2, -0.15) is 0 Å². The van der Waals surface area contributed by atoms with Gasteiger partial charge < -0.3 is 19.4 Å². The number of carbonyl (C=O) groups excluding carboxylic acids is 2. The van der Waals surface area contributed by atoms with E-state index >= 15 is 0 Å². The third-order valence-corrected chi connectivity index (χ3v) is 6.97. The van der Waals surface area contributed by atoms with E-state index in [1.54, 1.807) is 24.3 Å². The summed E-state index contributed by atoms with van der Waals surface area (Å²) in [7, 11) is 0. The molecule has 0 bridgehead atoms. The molecule has 1 aromatic heterocycles. The lowest BCUT2D eigenvalue weighted by Gasteiger charge is -2.41.